The summed E-state index contributed by atoms with van der Waals surface area (Å²) in [6.07, 6.45) is 2.77. The largest absolute Gasteiger partial charge is 0.480 e. The first-order valence-electron chi connectivity index (χ1n) is 23.6. The van der Waals surface area contributed by atoms with Gasteiger partial charge in [-0.05, 0) is 87.3 Å². The van der Waals surface area contributed by atoms with Gasteiger partial charge in [0.2, 0.25) is 0 Å². The van der Waals surface area contributed by atoms with E-state index in [2.05, 4.69) is 64.4 Å². The van der Waals surface area contributed by atoms with Crippen molar-refractivity contribution in [2.24, 2.45) is 5.41 Å². The Kier molecular flexibility index (Phi) is 14.9. The lowest BCUT2D eigenvalue weighted by atomic mass is 9.84. The number of carbonyl (C=O) groups is 3. The molecule has 3 aliphatic heterocycles. The van der Waals surface area contributed by atoms with Crippen LogP contribution in [0.2, 0.25) is 0 Å². The van der Waals surface area contributed by atoms with Gasteiger partial charge in [-0.2, -0.15) is 0 Å². The molecule has 0 saturated carbocycles. The van der Waals surface area contributed by atoms with Crippen LogP contribution in [0.3, 0.4) is 0 Å². The third-order valence-corrected chi connectivity index (χ3v) is 13.7. The van der Waals surface area contributed by atoms with Crippen LogP contribution in [-0.4, -0.2) is 118 Å². The fourth-order valence-corrected chi connectivity index (χ4v) is 10.2. The molecule has 6 heterocycles. The highest BCUT2D eigenvalue weighted by Gasteiger charge is 2.36. The van der Waals surface area contributed by atoms with Gasteiger partial charge in [-0.1, -0.05) is 44.2 Å². The van der Waals surface area contributed by atoms with Gasteiger partial charge in [0.1, 0.15) is 17.7 Å². The lowest BCUT2D eigenvalue weighted by molar-refractivity contribution is -0.147. The Hall–Kier alpha value is -5.43. The van der Waals surface area contributed by atoms with Crippen molar-refractivity contribution in [1.29, 1.82) is 0 Å². The van der Waals surface area contributed by atoms with Crippen LogP contribution in [0.4, 0.5) is 10.5 Å². The highest BCUT2D eigenvalue weighted by Crippen LogP contribution is 2.46. The minimum absolute atomic E-state index is 0.0293. The Balaban J connectivity index is 1.24. The average molecular weight is 952 g/mol. The number of hydrogen-bond acceptors (Lipinski definition) is 13. The molecule has 0 spiro atoms. The van der Waals surface area contributed by atoms with Gasteiger partial charge in [-0.3, -0.25) is 19.6 Å². The molecular formula is C51H65N7O9S. The van der Waals surface area contributed by atoms with Gasteiger partial charge in [0.05, 0.1) is 71.5 Å². The number of carboxylic acid groups (broad SMARTS) is 1. The van der Waals surface area contributed by atoms with Gasteiger partial charge < -0.3 is 43.9 Å². The molecule has 364 valence electrons. The van der Waals surface area contributed by atoms with Gasteiger partial charge in [0.25, 0.3) is 5.91 Å². The number of ether oxygens (including phenoxy) is 4. The summed E-state index contributed by atoms with van der Waals surface area (Å²) < 4.78 is 26.5. The van der Waals surface area contributed by atoms with Gasteiger partial charge >= 0.3 is 12.1 Å². The van der Waals surface area contributed by atoms with Crippen molar-refractivity contribution in [2.75, 3.05) is 51.5 Å². The zero-order valence-electron chi connectivity index (χ0n) is 40.2. The van der Waals surface area contributed by atoms with E-state index in [9.17, 15) is 24.6 Å². The van der Waals surface area contributed by atoms with E-state index in [0.717, 1.165) is 68.9 Å². The SMILES string of the molecule is CO[C@@H](C)c1ncc(N2CCOCC2)cc1-c1c(CC(C)(C)CO)c2cc(-c3csc(C[C@H](NC(=O)OC(C)(C)C)C(=O)N4CCC[C@@H](C(=O)O)N4)n3)cc3c2n1CC(OCc1ccccc1)C3. The number of carbonyl (C=O) groups excluding carboxylic acids is 2. The molecule has 2 aromatic carbocycles. The number of hydrogen-bond donors (Lipinski definition) is 4. The molecule has 4 N–H and O–H groups in total. The number of rotatable bonds is 16. The highest BCUT2D eigenvalue weighted by molar-refractivity contribution is 7.10. The number of nitrogens with zero attached hydrogens (tertiary/aromatic N) is 5. The van der Waals surface area contributed by atoms with Crippen LogP contribution in [0.5, 0.6) is 0 Å². The molecule has 0 radical (unpaired) electrons. The van der Waals surface area contributed by atoms with Crippen molar-refractivity contribution in [1.82, 2.24) is 30.3 Å². The van der Waals surface area contributed by atoms with Gasteiger partial charge in [0, 0.05) is 74.6 Å². The van der Waals surface area contributed by atoms with E-state index in [4.69, 9.17) is 28.9 Å². The minimum atomic E-state index is -1.09. The number of amides is 2. The summed E-state index contributed by atoms with van der Waals surface area (Å²) in [6.45, 7) is 15.5. The van der Waals surface area contributed by atoms with Crippen LogP contribution in [0.15, 0.2) is 60.1 Å². The number of pyridine rings is 1. The molecule has 5 aromatic rings. The number of aliphatic carboxylic acids is 1. The molecule has 0 bridgehead atoms. The first-order valence-corrected chi connectivity index (χ1v) is 24.4. The molecule has 17 heteroatoms. The van der Waals surface area contributed by atoms with Crippen LogP contribution >= 0.6 is 11.3 Å². The fraction of sp³-hybridized carbons (Fsp3) is 0.510. The van der Waals surface area contributed by atoms with Crippen molar-refractivity contribution in [3.05, 3.63) is 87.5 Å². The number of aliphatic hydroxyl groups excluding tert-OH is 1. The monoisotopic (exact) mass is 951 g/mol. The lowest BCUT2D eigenvalue weighted by Gasteiger charge is -2.34. The van der Waals surface area contributed by atoms with Crippen LogP contribution in [0.1, 0.15) is 87.9 Å². The molecule has 16 nitrogen and oxygen atoms in total. The lowest BCUT2D eigenvalue weighted by Crippen LogP contribution is -2.60. The normalized spacial score (nSPS) is 18.6. The van der Waals surface area contributed by atoms with E-state index < -0.39 is 41.1 Å². The number of aromatic nitrogens is 3. The van der Waals surface area contributed by atoms with E-state index in [1.807, 2.05) is 36.7 Å². The van der Waals surface area contributed by atoms with Gasteiger partial charge in [0.15, 0.2) is 0 Å². The molecule has 0 aliphatic carbocycles. The number of thiazole rings is 1. The topological polar surface area (TPSA) is 190 Å². The van der Waals surface area contributed by atoms with E-state index in [1.165, 1.54) is 16.3 Å². The number of morpholine rings is 1. The van der Waals surface area contributed by atoms with Crippen molar-refractivity contribution >= 4 is 45.9 Å². The number of methoxy groups -OCH3 is 1. The van der Waals surface area contributed by atoms with Gasteiger partial charge in [-0.15, -0.1) is 11.3 Å². The summed E-state index contributed by atoms with van der Waals surface area (Å²) in [5, 5.41) is 28.2. The fourth-order valence-electron chi connectivity index (χ4n) is 9.32. The van der Waals surface area contributed by atoms with Crippen molar-refractivity contribution in [2.45, 2.75) is 117 Å². The third kappa shape index (κ3) is 11.2. The number of anilines is 1. The summed E-state index contributed by atoms with van der Waals surface area (Å²) in [6, 6.07) is 14.8. The molecule has 3 aliphatic rings. The molecule has 68 heavy (non-hydrogen) atoms. The summed E-state index contributed by atoms with van der Waals surface area (Å²) in [5.41, 5.74) is 11.2. The minimum Gasteiger partial charge on any atom is -0.480 e. The predicted molar refractivity (Wildman–Crippen MR) is 260 cm³/mol. The average Bonchev–Trinajstić information content (AvgIpc) is 3.92. The van der Waals surface area contributed by atoms with Crippen molar-refractivity contribution in [3.8, 4) is 22.5 Å². The van der Waals surface area contributed by atoms with Crippen LogP contribution in [-0.2, 0) is 61.0 Å². The number of carboxylic acids is 1. The Labute approximate surface area is 401 Å². The molecule has 8 rings (SSSR count). The van der Waals surface area contributed by atoms with E-state index >= 15 is 0 Å². The van der Waals surface area contributed by atoms with Crippen LogP contribution in [0, 0.1) is 5.41 Å². The molecule has 4 atom stereocenters. The molecule has 2 amide bonds. The molecular weight excluding hydrogens is 887 g/mol. The second-order valence-corrected chi connectivity index (χ2v) is 20.8. The Bertz CT molecular complexity index is 2600. The molecule has 3 aromatic heterocycles. The first kappa shape index (κ1) is 49.0. The zero-order chi connectivity index (χ0) is 48.3. The Morgan fingerprint density at radius 1 is 1.06 bits per heavy atom. The maximum Gasteiger partial charge on any atom is 0.408 e. The number of alkyl carbamates (subject to hydrolysis) is 1. The number of aliphatic hydroxyl groups is 1. The van der Waals surface area contributed by atoms with Crippen molar-refractivity contribution < 1.29 is 43.5 Å². The van der Waals surface area contributed by atoms with E-state index in [1.54, 1.807) is 27.9 Å². The Morgan fingerprint density at radius 3 is 2.53 bits per heavy atom. The summed E-state index contributed by atoms with van der Waals surface area (Å²) >= 11 is 1.38. The quantitative estimate of drug-likeness (QED) is 0.0786. The maximum atomic E-state index is 14.1. The zero-order valence-corrected chi connectivity index (χ0v) is 41.0. The summed E-state index contributed by atoms with van der Waals surface area (Å²) in [5.74, 6) is -1.53. The Morgan fingerprint density at radius 2 is 1.82 bits per heavy atom. The first-order chi connectivity index (χ1) is 32.5. The number of nitrogens with one attached hydrogen (secondary N) is 2. The summed E-state index contributed by atoms with van der Waals surface area (Å²) in [4.78, 5) is 51.7. The van der Waals surface area contributed by atoms with E-state index in [0.29, 0.717) is 62.8 Å². The third-order valence-electron chi connectivity index (χ3n) is 12.8. The van der Waals surface area contributed by atoms with Crippen molar-refractivity contribution in [3.63, 3.8) is 0 Å². The van der Waals surface area contributed by atoms with Gasteiger partial charge in [-0.25, -0.2) is 15.2 Å². The molecule has 1 unspecified atom stereocenters. The second-order valence-electron chi connectivity index (χ2n) is 19.9. The van der Waals surface area contributed by atoms with Crippen LogP contribution in [0.25, 0.3) is 33.4 Å². The van der Waals surface area contributed by atoms with Crippen LogP contribution < -0.4 is 15.6 Å². The van der Waals surface area contributed by atoms with E-state index in [-0.39, 0.29) is 31.8 Å². The number of benzene rings is 2. The molecule has 2 fully saturated rings. The predicted octanol–water partition coefficient (Wildman–Crippen LogP) is 7.09. The standard InChI is InChI=1S/C51H65N7O9S/c1-31(64-7)44-38(23-35(26-52-44)56-16-18-65-19-17-56)46-39(25-51(5,6)30-59)37-22-33(20-34-21-36(27-57(46)45(34)37)66-28-32-12-9-8-10-13-32)42-29-68-43(53-42)24-41(54-49(63)67-50(2,3)4)47(60)58-15-11-14-40(55-58)48(61)62/h8-10,12-13,20,22-23,26,29,31,36,40-41,55,59H,11,14-19,21,24-25,27-28,30H2,1-7H3,(H,54,63)(H,61,62)/t31-,36?,40-,41-/m0/s1. The maximum absolute atomic E-state index is 14.1. The highest BCUT2D eigenvalue weighted by atomic mass is 32.1. The summed E-state index contributed by atoms with van der Waals surface area (Å²) in [7, 11) is 1.70. The second kappa shape index (κ2) is 20.7. The smallest absolute Gasteiger partial charge is 0.408 e. The molecule has 2 saturated heterocycles. The number of hydrazine groups is 1.